The fourth-order valence-electron chi connectivity index (χ4n) is 2.13. The molecule has 0 saturated heterocycles. The number of H-pyrrole nitrogens is 1. The van der Waals surface area contributed by atoms with Crippen LogP contribution in [-0.4, -0.2) is 17.3 Å². The van der Waals surface area contributed by atoms with Crippen molar-refractivity contribution >= 4 is 40.1 Å². The number of urea groups is 1. The van der Waals surface area contributed by atoms with Gasteiger partial charge in [-0.1, -0.05) is 6.07 Å². The molecule has 0 radical (unpaired) electrons. The van der Waals surface area contributed by atoms with Gasteiger partial charge >= 0.3 is 6.03 Å². The smallest absolute Gasteiger partial charge is 0.323 e. The lowest BCUT2D eigenvalue weighted by atomic mass is 10.2. The lowest BCUT2D eigenvalue weighted by Crippen LogP contribution is -2.19. The summed E-state index contributed by atoms with van der Waals surface area (Å²) in [4.78, 5) is 16.3. The molecule has 1 aromatic heterocycles. The molecule has 0 aliphatic carbocycles. The summed E-state index contributed by atoms with van der Waals surface area (Å²) in [6, 6.07) is 15.2. The summed E-state index contributed by atoms with van der Waals surface area (Å²) in [6.45, 7) is 0. The Labute approximate surface area is 126 Å². The molecule has 5 heteroatoms. The molecule has 3 N–H and O–H groups in total. The first-order valence-corrected chi connectivity index (χ1v) is 7.76. The van der Waals surface area contributed by atoms with Gasteiger partial charge in [-0.3, -0.25) is 0 Å². The summed E-state index contributed by atoms with van der Waals surface area (Å²) < 4.78 is 0. The third-order valence-electron chi connectivity index (χ3n) is 3.14. The van der Waals surface area contributed by atoms with Crippen LogP contribution in [-0.2, 0) is 0 Å². The zero-order chi connectivity index (χ0) is 14.7. The van der Waals surface area contributed by atoms with E-state index in [2.05, 4.69) is 15.6 Å². The second kappa shape index (κ2) is 5.93. The van der Waals surface area contributed by atoms with Crippen LogP contribution in [0.15, 0.2) is 59.6 Å². The van der Waals surface area contributed by atoms with Gasteiger partial charge in [0.15, 0.2) is 0 Å². The van der Waals surface area contributed by atoms with Gasteiger partial charge in [-0.15, -0.1) is 11.8 Å². The van der Waals surface area contributed by atoms with Crippen molar-refractivity contribution in [1.29, 1.82) is 0 Å². The quantitative estimate of drug-likeness (QED) is 0.622. The number of anilines is 2. The van der Waals surface area contributed by atoms with Crippen molar-refractivity contribution < 1.29 is 4.79 Å². The number of carbonyl (C=O) groups is 1. The fraction of sp³-hybridized carbons (Fsp3) is 0.0625. The van der Waals surface area contributed by atoms with E-state index in [0.29, 0.717) is 0 Å². The maximum absolute atomic E-state index is 12.0. The Hall–Kier alpha value is -2.40. The molecule has 0 aliphatic rings. The molecule has 0 saturated carbocycles. The second-order valence-electron chi connectivity index (χ2n) is 4.59. The van der Waals surface area contributed by atoms with E-state index in [1.165, 1.54) is 0 Å². The number of fused-ring (bicyclic) bond motifs is 1. The largest absolute Gasteiger partial charge is 0.361 e. The summed E-state index contributed by atoms with van der Waals surface area (Å²) in [7, 11) is 0. The van der Waals surface area contributed by atoms with Crippen LogP contribution in [0.25, 0.3) is 10.9 Å². The highest BCUT2D eigenvalue weighted by Crippen LogP contribution is 2.20. The number of amides is 2. The van der Waals surface area contributed by atoms with Crippen LogP contribution in [0.1, 0.15) is 0 Å². The van der Waals surface area contributed by atoms with Crippen molar-refractivity contribution in [2.24, 2.45) is 0 Å². The van der Waals surface area contributed by atoms with Gasteiger partial charge in [-0.25, -0.2) is 4.79 Å². The molecule has 3 rings (SSSR count). The Bertz CT molecular complexity index is 782. The SMILES string of the molecule is CSc1cccc(NC(=O)Nc2ccc3[nH]ccc3c2)c1. The predicted octanol–water partition coefficient (Wildman–Crippen LogP) is 4.53. The van der Waals surface area contributed by atoms with Gasteiger partial charge in [0.1, 0.15) is 0 Å². The Morgan fingerprint density at radius 1 is 1.05 bits per heavy atom. The van der Waals surface area contributed by atoms with E-state index in [9.17, 15) is 4.79 Å². The molecule has 0 atom stereocenters. The standard InChI is InChI=1S/C16H15N3OS/c1-21-14-4-2-3-12(10-14)18-16(20)19-13-5-6-15-11(9-13)7-8-17-15/h2-10,17H,1H3,(H2,18,19,20). The number of benzene rings is 2. The van der Waals surface area contributed by atoms with E-state index in [4.69, 9.17) is 0 Å². The predicted molar refractivity (Wildman–Crippen MR) is 89.2 cm³/mol. The molecule has 4 nitrogen and oxygen atoms in total. The number of aromatic nitrogens is 1. The Kier molecular flexibility index (Phi) is 3.83. The van der Waals surface area contributed by atoms with Gasteiger partial charge in [0.25, 0.3) is 0 Å². The highest BCUT2D eigenvalue weighted by Gasteiger charge is 2.04. The van der Waals surface area contributed by atoms with Crippen molar-refractivity contribution in [3.8, 4) is 0 Å². The zero-order valence-corrected chi connectivity index (χ0v) is 12.3. The molecule has 2 aromatic carbocycles. The molecular formula is C16H15N3OS. The first-order chi connectivity index (χ1) is 10.2. The molecule has 0 fully saturated rings. The number of nitrogens with one attached hydrogen (secondary N) is 3. The van der Waals surface area contributed by atoms with Gasteiger partial charge in [0, 0.05) is 33.4 Å². The van der Waals surface area contributed by atoms with Crippen molar-refractivity contribution in [3.63, 3.8) is 0 Å². The van der Waals surface area contributed by atoms with Crippen LogP contribution in [0.3, 0.4) is 0 Å². The number of rotatable bonds is 3. The topological polar surface area (TPSA) is 56.9 Å². The maximum atomic E-state index is 12.0. The molecule has 106 valence electrons. The van der Waals surface area contributed by atoms with E-state index in [1.807, 2.05) is 61.0 Å². The van der Waals surface area contributed by atoms with Gasteiger partial charge < -0.3 is 15.6 Å². The molecule has 2 amide bonds. The molecule has 0 unspecified atom stereocenters. The van der Waals surface area contributed by atoms with E-state index >= 15 is 0 Å². The van der Waals surface area contributed by atoms with Gasteiger partial charge in [-0.2, -0.15) is 0 Å². The van der Waals surface area contributed by atoms with E-state index in [0.717, 1.165) is 27.2 Å². The first kappa shape index (κ1) is 13.6. The summed E-state index contributed by atoms with van der Waals surface area (Å²) in [5, 5.41) is 6.74. The minimum atomic E-state index is -0.247. The van der Waals surface area contributed by atoms with Gasteiger partial charge in [0.2, 0.25) is 0 Å². The average molecular weight is 297 g/mol. The number of hydrogen-bond donors (Lipinski definition) is 3. The molecule has 3 aromatic rings. The second-order valence-corrected chi connectivity index (χ2v) is 5.47. The van der Waals surface area contributed by atoms with Gasteiger partial charge in [0.05, 0.1) is 0 Å². The molecule has 21 heavy (non-hydrogen) atoms. The van der Waals surface area contributed by atoms with Crippen molar-refractivity contribution in [2.45, 2.75) is 4.90 Å². The van der Waals surface area contributed by atoms with Crippen LogP contribution in [0.4, 0.5) is 16.2 Å². The Morgan fingerprint density at radius 2 is 1.86 bits per heavy atom. The molecular weight excluding hydrogens is 282 g/mol. The third kappa shape index (κ3) is 3.20. The average Bonchev–Trinajstić information content (AvgIpc) is 2.95. The first-order valence-electron chi connectivity index (χ1n) is 6.54. The van der Waals surface area contributed by atoms with Gasteiger partial charge in [-0.05, 0) is 48.7 Å². The van der Waals surface area contributed by atoms with Crippen molar-refractivity contribution in [3.05, 3.63) is 54.7 Å². The molecule has 1 heterocycles. The lowest BCUT2D eigenvalue weighted by Gasteiger charge is -2.08. The normalized spacial score (nSPS) is 10.5. The van der Waals surface area contributed by atoms with Crippen LogP contribution in [0.2, 0.25) is 0 Å². The summed E-state index contributed by atoms with van der Waals surface area (Å²) >= 11 is 1.64. The van der Waals surface area contributed by atoms with E-state index < -0.39 is 0 Å². The number of thioether (sulfide) groups is 1. The zero-order valence-electron chi connectivity index (χ0n) is 11.5. The monoisotopic (exact) mass is 297 g/mol. The number of hydrogen-bond acceptors (Lipinski definition) is 2. The molecule has 0 bridgehead atoms. The number of aromatic amines is 1. The molecule has 0 spiro atoms. The summed E-state index contributed by atoms with van der Waals surface area (Å²) in [5.41, 5.74) is 2.59. The van der Waals surface area contributed by atoms with Crippen molar-refractivity contribution in [2.75, 3.05) is 16.9 Å². The summed E-state index contributed by atoms with van der Waals surface area (Å²) in [5.74, 6) is 0. The van der Waals surface area contributed by atoms with Crippen LogP contribution < -0.4 is 10.6 Å². The minimum absolute atomic E-state index is 0.247. The lowest BCUT2D eigenvalue weighted by molar-refractivity contribution is 0.262. The summed E-state index contributed by atoms with van der Waals surface area (Å²) in [6.07, 6.45) is 3.88. The van der Waals surface area contributed by atoms with E-state index in [-0.39, 0.29) is 6.03 Å². The highest BCUT2D eigenvalue weighted by atomic mass is 32.2. The van der Waals surface area contributed by atoms with Crippen LogP contribution in [0.5, 0.6) is 0 Å². The van der Waals surface area contributed by atoms with Crippen LogP contribution >= 0.6 is 11.8 Å². The van der Waals surface area contributed by atoms with Crippen LogP contribution in [0, 0.1) is 0 Å². The molecule has 0 aliphatic heterocycles. The highest BCUT2D eigenvalue weighted by molar-refractivity contribution is 7.98. The Balaban J connectivity index is 1.70. The third-order valence-corrected chi connectivity index (χ3v) is 3.86. The van der Waals surface area contributed by atoms with Crippen molar-refractivity contribution in [1.82, 2.24) is 4.98 Å². The number of carbonyl (C=O) groups excluding carboxylic acids is 1. The minimum Gasteiger partial charge on any atom is -0.361 e. The fourth-order valence-corrected chi connectivity index (χ4v) is 2.58. The maximum Gasteiger partial charge on any atom is 0.323 e. The van der Waals surface area contributed by atoms with E-state index in [1.54, 1.807) is 11.8 Å². The Morgan fingerprint density at radius 3 is 2.67 bits per heavy atom.